The minimum atomic E-state index is -4.27. The van der Waals surface area contributed by atoms with Crippen LogP contribution in [0.3, 0.4) is 0 Å². The Morgan fingerprint density at radius 2 is 1.74 bits per heavy atom. The molecule has 0 N–H and O–H groups in total. The van der Waals surface area contributed by atoms with Gasteiger partial charge in [-0.3, -0.25) is 4.68 Å². The van der Waals surface area contributed by atoms with Crippen LogP contribution in [0, 0.1) is 13.8 Å². The SMILES string of the molecule is Cc1cc(C)n(CCc2ccc(C(F)(F)F)cc2)n1. The lowest BCUT2D eigenvalue weighted by Gasteiger charge is -2.08. The van der Waals surface area contributed by atoms with E-state index in [1.807, 2.05) is 24.6 Å². The fourth-order valence-corrected chi connectivity index (χ4v) is 2.00. The van der Waals surface area contributed by atoms with E-state index in [1.54, 1.807) is 0 Å². The number of nitrogens with zero attached hydrogens (tertiary/aromatic N) is 2. The number of halogens is 3. The van der Waals surface area contributed by atoms with Crippen LogP contribution in [-0.4, -0.2) is 9.78 Å². The van der Waals surface area contributed by atoms with Gasteiger partial charge in [-0.1, -0.05) is 12.1 Å². The third kappa shape index (κ3) is 3.36. The van der Waals surface area contributed by atoms with Crippen molar-refractivity contribution in [3.05, 3.63) is 52.8 Å². The monoisotopic (exact) mass is 268 g/mol. The first-order valence-corrected chi connectivity index (χ1v) is 6.03. The average molecular weight is 268 g/mol. The van der Waals surface area contributed by atoms with Crippen LogP contribution >= 0.6 is 0 Å². The summed E-state index contributed by atoms with van der Waals surface area (Å²) in [7, 11) is 0. The number of alkyl halides is 3. The topological polar surface area (TPSA) is 17.8 Å². The molecule has 102 valence electrons. The van der Waals surface area contributed by atoms with E-state index in [2.05, 4.69) is 5.10 Å². The van der Waals surface area contributed by atoms with Crippen molar-refractivity contribution in [3.8, 4) is 0 Å². The van der Waals surface area contributed by atoms with Gasteiger partial charge in [0.1, 0.15) is 0 Å². The van der Waals surface area contributed by atoms with E-state index in [-0.39, 0.29) is 0 Å². The Kier molecular flexibility index (Phi) is 3.64. The fraction of sp³-hybridized carbons (Fsp3) is 0.357. The number of rotatable bonds is 3. The van der Waals surface area contributed by atoms with E-state index in [9.17, 15) is 13.2 Å². The molecule has 0 unspecified atom stereocenters. The summed E-state index contributed by atoms with van der Waals surface area (Å²) in [4.78, 5) is 0. The van der Waals surface area contributed by atoms with Crippen LogP contribution in [0.4, 0.5) is 13.2 Å². The summed E-state index contributed by atoms with van der Waals surface area (Å²) in [6.45, 7) is 4.55. The van der Waals surface area contributed by atoms with Crippen molar-refractivity contribution in [1.29, 1.82) is 0 Å². The van der Waals surface area contributed by atoms with Gasteiger partial charge >= 0.3 is 6.18 Å². The number of aromatic nitrogens is 2. The molecule has 1 heterocycles. The predicted octanol–water partition coefficient (Wildman–Crippen LogP) is 3.76. The highest BCUT2D eigenvalue weighted by Crippen LogP contribution is 2.29. The van der Waals surface area contributed by atoms with Crippen LogP contribution in [0.2, 0.25) is 0 Å². The Hall–Kier alpha value is -1.78. The first-order valence-electron chi connectivity index (χ1n) is 6.03. The molecule has 0 aliphatic rings. The molecule has 1 aromatic carbocycles. The van der Waals surface area contributed by atoms with Crippen molar-refractivity contribution in [1.82, 2.24) is 9.78 Å². The second-order valence-corrected chi connectivity index (χ2v) is 4.59. The lowest BCUT2D eigenvalue weighted by molar-refractivity contribution is -0.137. The van der Waals surface area contributed by atoms with Gasteiger partial charge in [-0.25, -0.2) is 0 Å². The van der Waals surface area contributed by atoms with E-state index in [0.29, 0.717) is 13.0 Å². The molecule has 0 fully saturated rings. The Morgan fingerprint density at radius 3 is 2.21 bits per heavy atom. The maximum atomic E-state index is 12.4. The number of benzene rings is 1. The molecule has 0 radical (unpaired) electrons. The smallest absolute Gasteiger partial charge is 0.269 e. The molecule has 2 nitrogen and oxygen atoms in total. The molecule has 0 spiro atoms. The lowest BCUT2D eigenvalue weighted by atomic mass is 10.1. The molecule has 5 heteroatoms. The molecule has 1 aromatic heterocycles. The predicted molar refractivity (Wildman–Crippen MR) is 66.8 cm³/mol. The number of hydrogen-bond acceptors (Lipinski definition) is 1. The van der Waals surface area contributed by atoms with Crippen LogP contribution in [0.1, 0.15) is 22.5 Å². The van der Waals surface area contributed by atoms with E-state index in [4.69, 9.17) is 0 Å². The molecular weight excluding hydrogens is 253 g/mol. The standard InChI is InChI=1S/C14H15F3N2/c1-10-9-11(2)19(18-10)8-7-12-3-5-13(6-4-12)14(15,16)17/h3-6,9H,7-8H2,1-2H3. The van der Waals surface area contributed by atoms with Crippen molar-refractivity contribution in [2.24, 2.45) is 0 Å². The lowest BCUT2D eigenvalue weighted by Crippen LogP contribution is -2.07. The largest absolute Gasteiger partial charge is 0.416 e. The first-order chi connectivity index (χ1) is 8.86. The van der Waals surface area contributed by atoms with Crippen molar-refractivity contribution in [2.45, 2.75) is 33.0 Å². The van der Waals surface area contributed by atoms with Gasteiger partial charge in [0, 0.05) is 12.2 Å². The number of aryl methyl sites for hydroxylation is 4. The molecular formula is C14H15F3N2. The quantitative estimate of drug-likeness (QED) is 0.828. The van der Waals surface area contributed by atoms with Crippen LogP contribution in [0.5, 0.6) is 0 Å². The summed E-state index contributed by atoms with van der Waals surface area (Å²) in [5, 5.41) is 4.32. The maximum Gasteiger partial charge on any atom is 0.416 e. The Morgan fingerprint density at radius 1 is 1.11 bits per heavy atom. The van der Waals surface area contributed by atoms with Gasteiger partial charge in [0.15, 0.2) is 0 Å². The van der Waals surface area contributed by atoms with Gasteiger partial charge in [0.25, 0.3) is 0 Å². The van der Waals surface area contributed by atoms with Crippen LogP contribution in [0.15, 0.2) is 30.3 Å². The minimum Gasteiger partial charge on any atom is -0.269 e. The maximum absolute atomic E-state index is 12.4. The minimum absolute atomic E-state index is 0.609. The summed E-state index contributed by atoms with van der Waals surface area (Å²) in [6.07, 6.45) is -3.60. The van der Waals surface area contributed by atoms with E-state index >= 15 is 0 Å². The summed E-state index contributed by atoms with van der Waals surface area (Å²) >= 11 is 0. The zero-order valence-corrected chi connectivity index (χ0v) is 10.8. The van der Waals surface area contributed by atoms with Crippen molar-refractivity contribution < 1.29 is 13.2 Å². The van der Waals surface area contributed by atoms with Crippen LogP contribution < -0.4 is 0 Å². The van der Waals surface area contributed by atoms with Gasteiger partial charge in [-0.2, -0.15) is 18.3 Å². The van der Waals surface area contributed by atoms with Crippen LogP contribution in [-0.2, 0) is 19.1 Å². The first kappa shape index (κ1) is 13.6. The fourth-order valence-electron chi connectivity index (χ4n) is 2.00. The molecule has 19 heavy (non-hydrogen) atoms. The normalized spacial score (nSPS) is 11.8. The molecule has 0 saturated carbocycles. The second-order valence-electron chi connectivity index (χ2n) is 4.59. The highest BCUT2D eigenvalue weighted by Gasteiger charge is 2.29. The summed E-state index contributed by atoms with van der Waals surface area (Å²) < 4.78 is 39.1. The second kappa shape index (κ2) is 5.07. The zero-order valence-electron chi connectivity index (χ0n) is 10.8. The van der Waals surface area contributed by atoms with Gasteiger partial charge in [-0.15, -0.1) is 0 Å². The van der Waals surface area contributed by atoms with E-state index < -0.39 is 11.7 Å². The third-order valence-electron chi connectivity index (χ3n) is 3.00. The molecule has 0 aliphatic carbocycles. The third-order valence-corrected chi connectivity index (χ3v) is 3.00. The van der Waals surface area contributed by atoms with Crippen LogP contribution in [0.25, 0.3) is 0 Å². The Balaban J connectivity index is 2.02. The van der Waals surface area contributed by atoms with E-state index in [0.717, 1.165) is 29.1 Å². The summed E-state index contributed by atoms with van der Waals surface area (Å²) in [6, 6.07) is 7.27. The van der Waals surface area contributed by atoms with Crippen molar-refractivity contribution in [2.75, 3.05) is 0 Å². The van der Waals surface area contributed by atoms with Gasteiger partial charge in [0.05, 0.1) is 11.3 Å². The Labute approximate surface area is 109 Å². The molecule has 2 rings (SSSR count). The molecule has 2 aromatic rings. The highest BCUT2D eigenvalue weighted by molar-refractivity contribution is 5.24. The van der Waals surface area contributed by atoms with Gasteiger partial charge in [0.2, 0.25) is 0 Å². The van der Waals surface area contributed by atoms with Gasteiger partial charge < -0.3 is 0 Å². The summed E-state index contributed by atoms with van der Waals surface area (Å²) in [5.74, 6) is 0. The zero-order chi connectivity index (χ0) is 14.0. The Bertz CT molecular complexity index is 553. The molecule has 0 amide bonds. The summed E-state index contributed by atoms with van der Waals surface area (Å²) in [5.41, 5.74) is 2.28. The van der Waals surface area contributed by atoms with Crippen molar-refractivity contribution in [3.63, 3.8) is 0 Å². The highest BCUT2D eigenvalue weighted by atomic mass is 19.4. The average Bonchev–Trinajstić information content (AvgIpc) is 2.65. The van der Waals surface area contributed by atoms with Crippen molar-refractivity contribution >= 4 is 0 Å². The number of hydrogen-bond donors (Lipinski definition) is 0. The van der Waals surface area contributed by atoms with Gasteiger partial charge in [-0.05, 0) is 44.0 Å². The molecule has 0 atom stereocenters. The molecule has 0 bridgehead atoms. The molecule has 0 saturated heterocycles. The molecule has 0 aliphatic heterocycles. The van der Waals surface area contributed by atoms with E-state index in [1.165, 1.54) is 12.1 Å².